The van der Waals surface area contributed by atoms with Crippen LogP contribution < -0.4 is 10.2 Å². The van der Waals surface area contributed by atoms with E-state index in [4.69, 9.17) is 0 Å². The first-order valence-corrected chi connectivity index (χ1v) is 8.12. The fourth-order valence-electron chi connectivity index (χ4n) is 2.48. The smallest absolute Gasteiger partial charge is 0.146 e. The Morgan fingerprint density at radius 1 is 1.47 bits per heavy atom. The number of thioether (sulfide) groups is 1. The van der Waals surface area contributed by atoms with E-state index in [1.165, 1.54) is 0 Å². The standard InChI is InChI=1S/C15H23FN2S/c1-3-7-17-10-13-5-4-6-14(16)15(13)18-8-9-19-12(2)11-18/h4-6,12,17H,3,7-11H2,1-2H3. The number of rotatable bonds is 5. The lowest BCUT2D eigenvalue weighted by Crippen LogP contribution is -2.38. The van der Waals surface area contributed by atoms with E-state index in [0.29, 0.717) is 5.25 Å². The van der Waals surface area contributed by atoms with Crippen LogP contribution in [0.2, 0.25) is 0 Å². The second-order valence-corrected chi connectivity index (χ2v) is 6.60. The summed E-state index contributed by atoms with van der Waals surface area (Å²) in [6, 6.07) is 5.42. The Labute approximate surface area is 119 Å². The van der Waals surface area contributed by atoms with Crippen molar-refractivity contribution >= 4 is 17.4 Å². The van der Waals surface area contributed by atoms with Crippen molar-refractivity contribution in [3.63, 3.8) is 0 Å². The van der Waals surface area contributed by atoms with Crippen LogP contribution in [-0.2, 0) is 6.54 Å². The van der Waals surface area contributed by atoms with Crippen LogP contribution in [0.5, 0.6) is 0 Å². The molecule has 1 aromatic rings. The van der Waals surface area contributed by atoms with Crippen LogP contribution in [0, 0.1) is 5.82 Å². The van der Waals surface area contributed by atoms with Crippen molar-refractivity contribution in [3.05, 3.63) is 29.6 Å². The van der Waals surface area contributed by atoms with Crippen molar-refractivity contribution in [2.75, 3.05) is 30.3 Å². The SMILES string of the molecule is CCCNCc1cccc(F)c1N1CCSC(C)C1. The van der Waals surface area contributed by atoms with Crippen molar-refractivity contribution < 1.29 is 4.39 Å². The topological polar surface area (TPSA) is 15.3 Å². The highest BCUT2D eigenvalue weighted by atomic mass is 32.2. The molecule has 2 nitrogen and oxygen atoms in total. The van der Waals surface area contributed by atoms with Crippen LogP contribution in [0.4, 0.5) is 10.1 Å². The van der Waals surface area contributed by atoms with Gasteiger partial charge in [0.15, 0.2) is 0 Å². The molecule has 1 aromatic carbocycles. The number of benzene rings is 1. The van der Waals surface area contributed by atoms with Gasteiger partial charge in [-0.2, -0.15) is 11.8 Å². The second-order valence-electron chi connectivity index (χ2n) is 5.05. The summed E-state index contributed by atoms with van der Waals surface area (Å²) in [5, 5.41) is 3.94. The molecule has 1 N–H and O–H groups in total. The lowest BCUT2D eigenvalue weighted by Gasteiger charge is -2.34. The normalized spacial score (nSPS) is 19.7. The van der Waals surface area contributed by atoms with E-state index >= 15 is 0 Å². The Hall–Kier alpha value is -0.740. The van der Waals surface area contributed by atoms with Crippen LogP contribution in [0.1, 0.15) is 25.8 Å². The van der Waals surface area contributed by atoms with Gasteiger partial charge in [-0.05, 0) is 24.6 Å². The van der Waals surface area contributed by atoms with E-state index < -0.39 is 0 Å². The maximum Gasteiger partial charge on any atom is 0.146 e. The van der Waals surface area contributed by atoms with Gasteiger partial charge in [-0.25, -0.2) is 4.39 Å². The number of nitrogens with one attached hydrogen (secondary N) is 1. The molecule has 1 aliphatic rings. The summed E-state index contributed by atoms with van der Waals surface area (Å²) < 4.78 is 14.2. The third-order valence-electron chi connectivity index (χ3n) is 3.37. The highest BCUT2D eigenvalue weighted by Crippen LogP contribution is 2.29. The summed E-state index contributed by atoms with van der Waals surface area (Å²) in [6.45, 7) is 7.96. The zero-order valence-electron chi connectivity index (χ0n) is 11.8. The molecular formula is C15H23FN2S. The highest BCUT2D eigenvalue weighted by Gasteiger charge is 2.21. The Morgan fingerprint density at radius 3 is 3.05 bits per heavy atom. The van der Waals surface area contributed by atoms with Crippen molar-refractivity contribution in [1.82, 2.24) is 5.32 Å². The van der Waals surface area contributed by atoms with Crippen LogP contribution in [0.3, 0.4) is 0 Å². The van der Waals surface area contributed by atoms with Crippen molar-refractivity contribution in [3.8, 4) is 0 Å². The second kappa shape index (κ2) is 7.15. The molecule has 0 spiro atoms. The van der Waals surface area contributed by atoms with Gasteiger partial charge in [0.25, 0.3) is 0 Å². The van der Waals surface area contributed by atoms with Crippen LogP contribution >= 0.6 is 11.8 Å². The van der Waals surface area contributed by atoms with Crippen molar-refractivity contribution in [2.24, 2.45) is 0 Å². The molecule has 1 aliphatic heterocycles. The first kappa shape index (κ1) is 14.7. The summed E-state index contributed by atoms with van der Waals surface area (Å²) in [7, 11) is 0. The van der Waals surface area contributed by atoms with Gasteiger partial charge in [0.2, 0.25) is 0 Å². The summed E-state index contributed by atoms with van der Waals surface area (Å²) in [6.07, 6.45) is 1.10. The Morgan fingerprint density at radius 2 is 2.32 bits per heavy atom. The van der Waals surface area contributed by atoms with Gasteiger partial charge in [-0.3, -0.25) is 0 Å². The predicted molar refractivity (Wildman–Crippen MR) is 82.5 cm³/mol. The van der Waals surface area contributed by atoms with E-state index in [9.17, 15) is 4.39 Å². The molecule has 19 heavy (non-hydrogen) atoms. The summed E-state index contributed by atoms with van der Waals surface area (Å²) in [5.74, 6) is 0.993. The zero-order valence-corrected chi connectivity index (χ0v) is 12.6. The number of nitrogens with zero attached hydrogens (tertiary/aromatic N) is 1. The number of halogens is 1. The first-order valence-electron chi connectivity index (χ1n) is 7.07. The van der Waals surface area contributed by atoms with Crippen molar-refractivity contribution in [1.29, 1.82) is 0 Å². The molecular weight excluding hydrogens is 259 g/mol. The van der Waals surface area contributed by atoms with Crippen LogP contribution in [-0.4, -0.2) is 30.6 Å². The minimum Gasteiger partial charge on any atom is -0.367 e. The van der Waals surface area contributed by atoms with Gasteiger partial charge in [0, 0.05) is 30.6 Å². The monoisotopic (exact) mass is 282 g/mol. The lowest BCUT2D eigenvalue weighted by atomic mass is 10.1. The zero-order chi connectivity index (χ0) is 13.7. The quantitative estimate of drug-likeness (QED) is 0.835. The molecule has 4 heteroatoms. The van der Waals surface area contributed by atoms with Gasteiger partial charge in [-0.1, -0.05) is 26.0 Å². The fraction of sp³-hybridized carbons (Fsp3) is 0.600. The van der Waals surface area contributed by atoms with Crippen LogP contribution in [0.15, 0.2) is 18.2 Å². The van der Waals surface area contributed by atoms with Gasteiger partial charge in [0.1, 0.15) is 5.82 Å². The summed E-state index contributed by atoms with van der Waals surface area (Å²) in [4.78, 5) is 2.21. The van der Waals surface area contributed by atoms with Gasteiger partial charge >= 0.3 is 0 Å². The molecule has 1 fully saturated rings. The molecule has 0 bridgehead atoms. The minimum absolute atomic E-state index is 0.0881. The highest BCUT2D eigenvalue weighted by molar-refractivity contribution is 8.00. The largest absolute Gasteiger partial charge is 0.367 e. The molecule has 0 aliphatic carbocycles. The number of anilines is 1. The molecule has 0 amide bonds. The first-order chi connectivity index (χ1) is 9.22. The molecule has 106 valence electrons. The molecule has 0 saturated carbocycles. The number of para-hydroxylation sites is 1. The van der Waals surface area contributed by atoms with Gasteiger partial charge < -0.3 is 10.2 Å². The minimum atomic E-state index is -0.0881. The maximum atomic E-state index is 14.2. The van der Waals surface area contributed by atoms with E-state index in [-0.39, 0.29) is 5.82 Å². The van der Waals surface area contributed by atoms with E-state index in [1.807, 2.05) is 23.9 Å². The average molecular weight is 282 g/mol. The molecule has 1 heterocycles. The number of hydrogen-bond donors (Lipinski definition) is 1. The third kappa shape index (κ3) is 3.86. The maximum absolute atomic E-state index is 14.2. The van der Waals surface area contributed by atoms with E-state index in [0.717, 1.165) is 49.6 Å². The van der Waals surface area contributed by atoms with Crippen molar-refractivity contribution in [2.45, 2.75) is 32.1 Å². The van der Waals surface area contributed by atoms with E-state index in [1.54, 1.807) is 6.07 Å². The molecule has 1 saturated heterocycles. The van der Waals surface area contributed by atoms with Crippen LogP contribution in [0.25, 0.3) is 0 Å². The Kier molecular flexibility index (Phi) is 5.52. The summed E-state index contributed by atoms with van der Waals surface area (Å²) in [5.41, 5.74) is 1.88. The molecule has 0 aromatic heterocycles. The molecule has 1 unspecified atom stereocenters. The molecule has 0 radical (unpaired) electrons. The Bertz CT molecular complexity index is 411. The summed E-state index contributed by atoms with van der Waals surface area (Å²) >= 11 is 1.97. The average Bonchev–Trinajstić information content (AvgIpc) is 2.39. The Balaban J connectivity index is 2.16. The molecule has 1 atom stereocenters. The fourth-order valence-corrected chi connectivity index (χ4v) is 3.49. The molecule has 2 rings (SSSR count). The van der Waals surface area contributed by atoms with Gasteiger partial charge in [-0.15, -0.1) is 0 Å². The lowest BCUT2D eigenvalue weighted by molar-refractivity contribution is 0.607. The predicted octanol–water partition coefficient (Wildman–Crippen LogP) is 3.27. The third-order valence-corrected chi connectivity index (χ3v) is 4.51. The van der Waals surface area contributed by atoms with Gasteiger partial charge in [0.05, 0.1) is 5.69 Å². The number of hydrogen-bond acceptors (Lipinski definition) is 3. The van der Waals surface area contributed by atoms with E-state index in [2.05, 4.69) is 24.1 Å².